The van der Waals surface area contributed by atoms with Crippen molar-refractivity contribution in [1.29, 1.82) is 5.26 Å². The molecule has 0 saturated heterocycles. The number of hydrogen-bond donors (Lipinski definition) is 2. The first-order valence-electron chi connectivity index (χ1n) is 3.01. The topological polar surface area (TPSA) is 73.1 Å². The second-order valence-electron chi connectivity index (χ2n) is 1.92. The Morgan fingerprint density at radius 1 is 1.90 bits per heavy atom. The molecule has 0 aliphatic carbocycles. The molecule has 0 aromatic rings. The molecule has 0 bridgehead atoms. The van der Waals surface area contributed by atoms with E-state index in [0.717, 1.165) is 0 Å². The summed E-state index contributed by atoms with van der Waals surface area (Å²) in [5.74, 6) is -0.891. The minimum absolute atomic E-state index is 0.345. The predicted molar refractivity (Wildman–Crippen MR) is 35.3 cm³/mol. The molecule has 0 aromatic heterocycles. The molecular formula is C6H10N2O2. The van der Waals surface area contributed by atoms with Crippen molar-refractivity contribution in [3.8, 4) is 6.07 Å². The summed E-state index contributed by atoms with van der Waals surface area (Å²) in [5, 5.41) is 19.1. The first kappa shape index (κ1) is 8.92. The zero-order valence-electron chi connectivity index (χ0n) is 5.79. The van der Waals surface area contributed by atoms with E-state index in [9.17, 15) is 4.79 Å². The molecule has 0 radical (unpaired) electrons. The van der Waals surface area contributed by atoms with Crippen LogP contribution in [0, 0.1) is 11.3 Å². The highest BCUT2D eigenvalue weighted by atomic mass is 16.4. The zero-order valence-corrected chi connectivity index (χ0v) is 5.79. The van der Waals surface area contributed by atoms with Gasteiger partial charge in [-0.25, -0.2) is 0 Å². The number of nitrogens with zero attached hydrogens (tertiary/aromatic N) is 1. The Bertz CT molecular complexity index is 150. The molecule has 2 N–H and O–H groups in total. The number of aliphatic carboxylic acids is 1. The van der Waals surface area contributed by atoms with E-state index in [0.29, 0.717) is 13.0 Å². The van der Waals surface area contributed by atoms with E-state index in [-0.39, 0.29) is 0 Å². The minimum Gasteiger partial charge on any atom is -0.480 e. The normalized spacial score (nSPS) is 12.0. The van der Waals surface area contributed by atoms with Gasteiger partial charge in [0.2, 0.25) is 0 Å². The van der Waals surface area contributed by atoms with Gasteiger partial charge in [-0.15, -0.1) is 0 Å². The Morgan fingerprint density at radius 3 is 2.90 bits per heavy atom. The standard InChI is InChI=1S/C6H10N2O2/c1-5(6(9)10)8-4-2-3-7/h5,8H,2,4H2,1H3,(H,9,10)/t5-/m1/s1. The van der Waals surface area contributed by atoms with E-state index in [2.05, 4.69) is 5.32 Å². The summed E-state index contributed by atoms with van der Waals surface area (Å²) >= 11 is 0. The molecule has 4 nitrogen and oxygen atoms in total. The third kappa shape index (κ3) is 3.87. The number of nitriles is 1. The number of carboxylic acid groups (broad SMARTS) is 1. The van der Waals surface area contributed by atoms with Crippen LogP contribution in [-0.2, 0) is 4.79 Å². The van der Waals surface area contributed by atoms with Crippen molar-refractivity contribution in [2.45, 2.75) is 19.4 Å². The number of hydrogen-bond acceptors (Lipinski definition) is 3. The smallest absolute Gasteiger partial charge is 0.320 e. The fourth-order valence-electron chi connectivity index (χ4n) is 0.432. The molecule has 0 aliphatic rings. The summed E-state index contributed by atoms with van der Waals surface area (Å²) in [7, 11) is 0. The highest BCUT2D eigenvalue weighted by Gasteiger charge is 2.07. The number of nitrogens with one attached hydrogen (secondary N) is 1. The predicted octanol–water partition coefficient (Wildman–Crippen LogP) is -0.0372. The van der Waals surface area contributed by atoms with Crippen LogP contribution in [0.1, 0.15) is 13.3 Å². The highest BCUT2D eigenvalue weighted by molar-refractivity contribution is 5.72. The Morgan fingerprint density at radius 2 is 2.50 bits per heavy atom. The molecule has 0 fully saturated rings. The van der Waals surface area contributed by atoms with E-state index >= 15 is 0 Å². The van der Waals surface area contributed by atoms with Gasteiger partial charge in [-0.05, 0) is 6.92 Å². The summed E-state index contributed by atoms with van der Waals surface area (Å²) in [4.78, 5) is 10.1. The first-order chi connectivity index (χ1) is 4.68. The van der Waals surface area contributed by atoms with Crippen LogP contribution in [0.3, 0.4) is 0 Å². The van der Waals surface area contributed by atoms with Crippen molar-refractivity contribution < 1.29 is 9.90 Å². The maximum atomic E-state index is 10.1. The van der Waals surface area contributed by atoms with Gasteiger partial charge in [0.05, 0.1) is 6.07 Å². The third-order valence-corrected chi connectivity index (χ3v) is 1.06. The first-order valence-corrected chi connectivity index (χ1v) is 3.01. The molecule has 1 atom stereocenters. The maximum Gasteiger partial charge on any atom is 0.320 e. The van der Waals surface area contributed by atoms with E-state index in [4.69, 9.17) is 10.4 Å². The van der Waals surface area contributed by atoms with Crippen molar-refractivity contribution >= 4 is 5.97 Å². The summed E-state index contributed by atoms with van der Waals surface area (Å²) in [6, 6.07) is 1.34. The van der Waals surface area contributed by atoms with Crippen LogP contribution in [0.15, 0.2) is 0 Å². The van der Waals surface area contributed by atoms with Crippen molar-refractivity contribution in [3.63, 3.8) is 0 Å². The molecule has 0 heterocycles. The summed E-state index contributed by atoms with van der Waals surface area (Å²) in [6.45, 7) is 1.98. The lowest BCUT2D eigenvalue weighted by atomic mass is 10.3. The largest absolute Gasteiger partial charge is 0.480 e. The average Bonchev–Trinajstić information content (AvgIpc) is 1.88. The maximum absolute atomic E-state index is 10.1. The van der Waals surface area contributed by atoms with E-state index in [1.54, 1.807) is 6.92 Å². The molecule has 0 aliphatic heterocycles. The lowest BCUT2D eigenvalue weighted by Gasteiger charge is -2.05. The molecule has 0 rings (SSSR count). The molecule has 0 amide bonds. The average molecular weight is 142 g/mol. The van der Waals surface area contributed by atoms with Gasteiger partial charge in [0.15, 0.2) is 0 Å². The van der Waals surface area contributed by atoms with Crippen molar-refractivity contribution in [3.05, 3.63) is 0 Å². The zero-order chi connectivity index (χ0) is 7.98. The van der Waals surface area contributed by atoms with Gasteiger partial charge < -0.3 is 10.4 Å². The van der Waals surface area contributed by atoms with Crippen LogP contribution < -0.4 is 5.32 Å². The molecule has 0 unspecified atom stereocenters. The van der Waals surface area contributed by atoms with Gasteiger partial charge >= 0.3 is 5.97 Å². The fourth-order valence-corrected chi connectivity index (χ4v) is 0.432. The second kappa shape index (κ2) is 4.77. The van der Waals surface area contributed by atoms with Crippen LogP contribution in [0.4, 0.5) is 0 Å². The van der Waals surface area contributed by atoms with Gasteiger partial charge in [0.1, 0.15) is 6.04 Å². The monoisotopic (exact) mass is 142 g/mol. The summed E-state index contributed by atoms with van der Waals surface area (Å²) < 4.78 is 0. The molecule has 10 heavy (non-hydrogen) atoms. The molecule has 0 spiro atoms. The lowest BCUT2D eigenvalue weighted by Crippen LogP contribution is -2.34. The Labute approximate surface area is 59.5 Å². The quantitative estimate of drug-likeness (QED) is 0.540. The third-order valence-electron chi connectivity index (χ3n) is 1.06. The molecule has 4 heteroatoms. The van der Waals surface area contributed by atoms with E-state index in [1.807, 2.05) is 6.07 Å². The van der Waals surface area contributed by atoms with Gasteiger partial charge in [-0.3, -0.25) is 4.79 Å². The number of rotatable bonds is 4. The van der Waals surface area contributed by atoms with Crippen molar-refractivity contribution in [2.75, 3.05) is 6.54 Å². The van der Waals surface area contributed by atoms with Gasteiger partial charge in [-0.2, -0.15) is 5.26 Å². The van der Waals surface area contributed by atoms with E-state index < -0.39 is 12.0 Å². The van der Waals surface area contributed by atoms with Crippen molar-refractivity contribution in [2.24, 2.45) is 0 Å². The number of carbonyl (C=O) groups is 1. The van der Waals surface area contributed by atoms with Crippen LogP contribution in [-0.4, -0.2) is 23.7 Å². The fraction of sp³-hybridized carbons (Fsp3) is 0.667. The number of carboxylic acids is 1. The SMILES string of the molecule is C[C@@H](NCCC#N)C(=O)O. The van der Waals surface area contributed by atoms with Crippen molar-refractivity contribution in [1.82, 2.24) is 5.32 Å². The van der Waals surface area contributed by atoms with Gasteiger partial charge in [0, 0.05) is 13.0 Å². The Hall–Kier alpha value is -1.08. The van der Waals surface area contributed by atoms with Crippen LogP contribution in [0.25, 0.3) is 0 Å². The van der Waals surface area contributed by atoms with Gasteiger partial charge in [0.25, 0.3) is 0 Å². The van der Waals surface area contributed by atoms with Crippen LogP contribution in [0.2, 0.25) is 0 Å². The second-order valence-corrected chi connectivity index (χ2v) is 1.92. The molecular weight excluding hydrogens is 132 g/mol. The van der Waals surface area contributed by atoms with Gasteiger partial charge in [-0.1, -0.05) is 0 Å². The highest BCUT2D eigenvalue weighted by Crippen LogP contribution is 1.80. The summed E-state index contributed by atoms with van der Waals surface area (Å²) in [6.07, 6.45) is 0.345. The molecule has 0 aromatic carbocycles. The molecule has 0 saturated carbocycles. The summed E-state index contributed by atoms with van der Waals surface area (Å²) in [5.41, 5.74) is 0. The van der Waals surface area contributed by atoms with E-state index in [1.165, 1.54) is 0 Å². The molecule has 56 valence electrons. The Balaban J connectivity index is 3.32. The van der Waals surface area contributed by atoms with Crippen LogP contribution >= 0.6 is 0 Å². The lowest BCUT2D eigenvalue weighted by molar-refractivity contribution is -0.138. The Kier molecular flexibility index (Phi) is 4.25. The minimum atomic E-state index is -0.891. The van der Waals surface area contributed by atoms with Crippen LogP contribution in [0.5, 0.6) is 0 Å².